The molecule has 1 aromatic rings. The average Bonchev–Trinajstić information content (AvgIpc) is 2.91. The molecule has 0 N–H and O–H groups in total. The SMILES string of the molecule is Cc1cc(C#CCCCl)ccc1OCC1CCCC1. The van der Waals surface area contributed by atoms with Gasteiger partial charge in [0.25, 0.3) is 0 Å². The van der Waals surface area contributed by atoms with Gasteiger partial charge in [0.2, 0.25) is 0 Å². The number of hydrogen-bond donors (Lipinski definition) is 0. The molecule has 0 heterocycles. The highest BCUT2D eigenvalue weighted by molar-refractivity contribution is 6.18. The molecule has 1 aromatic carbocycles. The average molecular weight is 277 g/mol. The van der Waals surface area contributed by atoms with E-state index in [1.165, 1.54) is 25.7 Å². The van der Waals surface area contributed by atoms with Gasteiger partial charge in [-0.15, -0.1) is 11.6 Å². The Morgan fingerprint density at radius 2 is 2.11 bits per heavy atom. The first-order valence-electron chi connectivity index (χ1n) is 7.08. The topological polar surface area (TPSA) is 9.23 Å². The summed E-state index contributed by atoms with van der Waals surface area (Å²) in [6.07, 6.45) is 6.10. The fourth-order valence-corrected chi connectivity index (χ4v) is 2.58. The van der Waals surface area contributed by atoms with E-state index in [9.17, 15) is 0 Å². The van der Waals surface area contributed by atoms with Crippen LogP contribution in [0.15, 0.2) is 18.2 Å². The molecule has 1 nitrogen and oxygen atoms in total. The minimum atomic E-state index is 0.592. The van der Waals surface area contributed by atoms with Crippen LogP contribution in [0.2, 0.25) is 0 Å². The summed E-state index contributed by atoms with van der Waals surface area (Å²) in [7, 11) is 0. The summed E-state index contributed by atoms with van der Waals surface area (Å²) in [6, 6.07) is 6.15. The molecule has 0 atom stereocenters. The van der Waals surface area contributed by atoms with Gasteiger partial charge in [0.15, 0.2) is 0 Å². The fourth-order valence-electron chi connectivity index (χ4n) is 2.49. The van der Waals surface area contributed by atoms with Gasteiger partial charge in [0, 0.05) is 17.9 Å². The Labute approximate surface area is 121 Å². The Morgan fingerprint density at radius 1 is 1.32 bits per heavy atom. The first kappa shape index (κ1) is 14.3. The van der Waals surface area contributed by atoms with Crippen LogP contribution in [0.3, 0.4) is 0 Å². The molecular formula is C17H21ClO. The van der Waals surface area contributed by atoms with Gasteiger partial charge < -0.3 is 4.74 Å². The van der Waals surface area contributed by atoms with E-state index in [-0.39, 0.29) is 0 Å². The number of aryl methyl sites for hydroxylation is 1. The molecule has 0 saturated heterocycles. The van der Waals surface area contributed by atoms with E-state index >= 15 is 0 Å². The van der Waals surface area contributed by atoms with Crippen LogP contribution in [0.25, 0.3) is 0 Å². The van der Waals surface area contributed by atoms with Crippen molar-refractivity contribution in [3.8, 4) is 17.6 Å². The van der Waals surface area contributed by atoms with Crippen molar-refractivity contribution in [1.82, 2.24) is 0 Å². The molecule has 19 heavy (non-hydrogen) atoms. The van der Waals surface area contributed by atoms with E-state index in [0.717, 1.165) is 35.8 Å². The fraction of sp³-hybridized carbons (Fsp3) is 0.529. The zero-order chi connectivity index (χ0) is 13.5. The predicted molar refractivity (Wildman–Crippen MR) is 80.8 cm³/mol. The Morgan fingerprint density at radius 3 is 2.79 bits per heavy atom. The van der Waals surface area contributed by atoms with Gasteiger partial charge >= 0.3 is 0 Å². The molecule has 1 fully saturated rings. The van der Waals surface area contributed by atoms with Crippen LogP contribution in [-0.4, -0.2) is 12.5 Å². The van der Waals surface area contributed by atoms with E-state index in [1.54, 1.807) is 0 Å². The Balaban J connectivity index is 1.93. The van der Waals surface area contributed by atoms with Crippen molar-refractivity contribution in [3.63, 3.8) is 0 Å². The van der Waals surface area contributed by atoms with Crippen molar-refractivity contribution < 1.29 is 4.74 Å². The van der Waals surface area contributed by atoms with E-state index in [2.05, 4.69) is 24.8 Å². The summed E-state index contributed by atoms with van der Waals surface area (Å²) in [5.74, 6) is 8.51. The number of halogens is 1. The zero-order valence-electron chi connectivity index (χ0n) is 11.5. The summed E-state index contributed by atoms with van der Waals surface area (Å²) < 4.78 is 5.93. The third kappa shape index (κ3) is 4.48. The van der Waals surface area contributed by atoms with Gasteiger partial charge in [-0.2, -0.15) is 0 Å². The molecule has 1 aliphatic carbocycles. The number of hydrogen-bond acceptors (Lipinski definition) is 1. The largest absolute Gasteiger partial charge is 0.493 e. The smallest absolute Gasteiger partial charge is 0.122 e. The summed E-state index contributed by atoms with van der Waals surface area (Å²) in [4.78, 5) is 0. The van der Waals surface area contributed by atoms with Crippen LogP contribution in [0, 0.1) is 24.7 Å². The maximum Gasteiger partial charge on any atom is 0.122 e. The third-order valence-electron chi connectivity index (χ3n) is 3.58. The van der Waals surface area contributed by atoms with E-state index in [1.807, 2.05) is 12.1 Å². The molecular weight excluding hydrogens is 256 g/mol. The highest BCUT2D eigenvalue weighted by atomic mass is 35.5. The first-order valence-corrected chi connectivity index (χ1v) is 7.61. The Kier molecular flexibility index (Phi) is 5.61. The number of benzene rings is 1. The summed E-state index contributed by atoms with van der Waals surface area (Å²) in [5, 5.41) is 0. The van der Waals surface area contributed by atoms with Crippen molar-refractivity contribution in [2.24, 2.45) is 5.92 Å². The van der Waals surface area contributed by atoms with Crippen molar-refractivity contribution in [2.75, 3.05) is 12.5 Å². The maximum atomic E-state index is 5.93. The standard InChI is InChI=1S/C17H21ClO/c1-14-12-15(6-4-5-11-18)9-10-17(14)19-13-16-7-2-3-8-16/h9-10,12,16H,2-3,5,7-8,11,13H2,1H3. The first-order chi connectivity index (χ1) is 9.29. The molecule has 0 aliphatic heterocycles. The van der Waals surface area contributed by atoms with Gasteiger partial charge in [-0.1, -0.05) is 24.7 Å². The number of rotatable bonds is 4. The van der Waals surface area contributed by atoms with Crippen LogP contribution in [0.1, 0.15) is 43.2 Å². The lowest BCUT2D eigenvalue weighted by Crippen LogP contribution is -2.08. The quantitative estimate of drug-likeness (QED) is 0.579. The molecule has 0 spiro atoms. The van der Waals surface area contributed by atoms with E-state index in [0.29, 0.717) is 5.88 Å². The molecule has 0 amide bonds. The lowest BCUT2D eigenvalue weighted by Gasteiger charge is -2.13. The normalized spacial score (nSPS) is 15.1. The van der Waals surface area contributed by atoms with Crippen molar-refractivity contribution in [3.05, 3.63) is 29.3 Å². The van der Waals surface area contributed by atoms with Crippen molar-refractivity contribution in [1.29, 1.82) is 0 Å². The molecule has 0 bridgehead atoms. The van der Waals surface area contributed by atoms with Crippen molar-refractivity contribution in [2.45, 2.75) is 39.0 Å². The second-order valence-electron chi connectivity index (χ2n) is 5.18. The van der Waals surface area contributed by atoms with Crippen LogP contribution in [0.5, 0.6) is 5.75 Å². The molecule has 0 aromatic heterocycles. The molecule has 0 radical (unpaired) electrons. The van der Waals surface area contributed by atoms with Crippen LogP contribution < -0.4 is 4.74 Å². The second-order valence-corrected chi connectivity index (χ2v) is 5.56. The van der Waals surface area contributed by atoms with Gasteiger partial charge in [0.05, 0.1) is 6.61 Å². The summed E-state index contributed by atoms with van der Waals surface area (Å²) in [6.45, 7) is 2.94. The lowest BCUT2D eigenvalue weighted by atomic mass is 10.1. The predicted octanol–water partition coefficient (Wildman–Crippen LogP) is 4.54. The maximum absolute atomic E-state index is 5.93. The molecule has 2 heteroatoms. The van der Waals surface area contributed by atoms with E-state index in [4.69, 9.17) is 16.3 Å². The molecule has 0 unspecified atom stereocenters. The zero-order valence-corrected chi connectivity index (χ0v) is 12.3. The van der Waals surface area contributed by atoms with E-state index < -0.39 is 0 Å². The summed E-state index contributed by atoms with van der Waals surface area (Å²) in [5.41, 5.74) is 2.20. The summed E-state index contributed by atoms with van der Waals surface area (Å²) >= 11 is 5.61. The molecule has 1 aliphatic rings. The number of alkyl halides is 1. The van der Waals surface area contributed by atoms with Gasteiger partial charge in [-0.3, -0.25) is 0 Å². The molecule has 2 rings (SSSR count). The van der Waals surface area contributed by atoms with Gasteiger partial charge in [-0.25, -0.2) is 0 Å². The third-order valence-corrected chi connectivity index (χ3v) is 3.77. The van der Waals surface area contributed by atoms with Crippen LogP contribution in [0.4, 0.5) is 0 Å². The van der Waals surface area contributed by atoms with Gasteiger partial charge in [-0.05, 0) is 49.4 Å². The highest BCUT2D eigenvalue weighted by Gasteiger charge is 2.15. The minimum Gasteiger partial charge on any atom is -0.493 e. The van der Waals surface area contributed by atoms with Crippen LogP contribution in [-0.2, 0) is 0 Å². The number of ether oxygens (including phenoxy) is 1. The lowest BCUT2D eigenvalue weighted by molar-refractivity contribution is 0.250. The minimum absolute atomic E-state index is 0.592. The monoisotopic (exact) mass is 276 g/mol. The molecule has 102 valence electrons. The van der Waals surface area contributed by atoms with Crippen LogP contribution >= 0.6 is 11.6 Å². The highest BCUT2D eigenvalue weighted by Crippen LogP contribution is 2.26. The Hall–Kier alpha value is -1.13. The molecule has 1 saturated carbocycles. The van der Waals surface area contributed by atoms with Gasteiger partial charge in [0.1, 0.15) is 5.75 Å². The van der Waals surface area contributed by atoms with Crippen molar-refractivity contribution >= 4 is 11.6 Å². The Bertz CT molecular complexity index is 464. The second kappa shape index (κ2) is 7.46.